The third-order valence-corrected chi connectivity index (χ3v) is 4.67. The summed E-state index contributed by atoms with van der Waals surface area (Å²) in [5.74, 6) is -0.445. The summed E-state index contributed by atoms with van der Waals surface area (Å²) in [5.41, 5.74) is 0.445. The van der Waals surface area contributed by atoms with Gasteiger partial charge in [0, 0.05) is 12.1 Å². The van der Waals surface area contributed by atoms with Crippen LogP contribution in [0.1, 0.15) is 45.6 Å². The van der Waals surface area contributed by atoms with Crippen LogP contribution < -0.4 is 0 Å². The van der Waals surface area contributed by atoms with Gasteiger partial charge in [-0.3, -0.25) is 4.79 Å². The second kappa shape index (κ2) is 6.46. The Kier molecular flexibility index (Phi) is 4.52. The summed E-state index contributed by atoms with van der Waals surface area (Å²) in [6.07, 6.45) is 2.15. The maximum Gasteiger partial charge on any atom is 0.410 e. The molecular formula is C19H25NO4. The Balaban J connectivity index is 1.60. The summed E-state index contributed by atoms with van der Waals surface area (Å²) >= 11 is 0. The van der Waals surface area contributed by atoms with E-state index in [0.29, 0.717) is 6.42 Å². The van der Waals surface area contributed by atoms with Crippen LogP contribution in [-0.2, 0) is 20.9 Å². The number of carbonyl (C=O) groups excluding carboxylic acids is 2. The van der Waals surface area contributed by atoms with Gasteiger partial charge in [-0.2, -0.15) is 0 Å². The summed E-state index contributed by atoms with van der Waals surface area (Å²) in [5, 5.41) is 0. The monoisotopic (exact) mass is 331 g/mol. The zero-order chi connectivity index (χ0) is 17.3. The van der Waals surface area contributed by atoms with Crippen molar-refractivity contribution in [3.63, 3.8) is 0 Å². The molecule has 130 valence electrons. The summed E-state index contributed by atoms with van der Waals surface area (Å²) in [4.78, 5) is 26.6. The number of fused-ring (bicyclic) bond motifs is 2. The Morgan fingerprint density at radius 3 is 2.54 bits per heavy atom. The number of hydrogen-bond acceptors (Lipinski definition) is 4. The molecule has 3 rings (SSSR count). The smallest absolute Gasteiger partial charge is 0.410 e. The molecule has 0 saturated carbocycles. The molecule has 0 spiro atoms. The minimum Gasteiger partial charge on any atom is -0.461 e. The zero-order valence-electron chi connectivity index (χ0n) is 14.5. The normalized spacial score (nSPS) is 25.6. The summed E-state index contributed by atoms with van der Waals surface area (Å²) in [6.45, 7) is 5.84. The lowest BCUT2D eigenvalue weighted by Crippen LogP contribution is -2.41. The van der Waals surface area contributed by atoms with E-state index in [2.05, 4.69) is 0 Å². The number of esters is 1. The van der Waals surface area contributed by atoms with Crippen LogP contribution in [0.3, 0.4) is 0 Å². The molecule has 1 amide bonds. The van der Waals surface area contributed by atoms with Gasteiger partial charge in [-0.15, -0.1) is 0 Å². The first-order chi connectivity index (χ1) is 11.3. The lowest BCUT2D eigenvalue weighted by Gasteiger charge is -2.28. The number of nitrogens with zero attached hydrogens (tertiary/aromatic N) is 1. The van der Waals surface area contributed by atoms with Crippen LogP contribution >= 0.6 is 0 Å². The van der Waals surface area contributed by atoms with Crippen LogP contribution in [-0.4, -0.2) is 34.6 Å². The molecular weight excluding hydrogens is 306 g/mol. The predicted octanol–water partition coefficient (Wildman–Crippen LogP) is 3.52. The van der Waals surface area contributed by atoms with Gasteiger partial charge in [0.25, 0.3) is 0 Å². The Bertz CT molecular complexity index is 608. The highest BCUT2D eigenvalue weighted by Gasteiger charge is 2.52. The van der Waals surface area contributed by atoms with Crippen LogP contribution in [0.4, 0.5) is 4.79 Å². The Hall–Kier alpha value is -2.04. The highest BCUT2D eigenvalue weighted by molar-refractivity contribution is 5.77. The molecule has 2 bridgehead atoms. The fourth-order valence-corrected chi connectivity index (χ4v) is 3.68. The quantitative estimate of drug-likeness (QED) is 0.795. The minimum absolute atomic E-state index is 0.0897. The van der Waals surface area contributed by atoms with Gasteiger partial charge in [0.05, 0.1) is 5.92 Å². The van der Waals surface area contributed by atoms with Crippen molar-refractivity contribution >= 4 is 12.1 Å². The molecule has 5 heteroatoms. The van der Waals surface area contributed by atoms with E-state index in [1.807, 2.05) is 51.1 Å². The molecule has 1 aromatic rings. The van der Waals surface area contributed by atoms with Gasteiger partial charge in [0.15, 0.2) is 0 Å². The van der Waals surface area contributed by atoms with Crippen molar-refractivity contribution in [3.05, 3.63) is 35.9 Å². The maximum absolute atomic E-state index is 12.5. The van der Waals surface area contributed by atoms with Gasteiger partial charge in [-0.25, -0.2) is 4.79 Å². The van der Waals surface area contributed by atoms with Gasteiger partial charge in [-0.05, 0) is 45.6 Å². The highest BCUT2D eigenvalue weighted by Crippen LogP contribution is 2.43. The van der Waals surface area contributed by atoms with Crippen LogP contribution in [0, 0.1) is 5.92 Å². The average Bonchev–Trinajstić information content (AvgIpc) is 3.10. The lowest BCUT2D eigenvalue weighted by atomic mass is 9.89. The van der Waals surface area contributed by atoms with Gasteiger partial charge in [0.1, 0.15) is 12.2 Å². The number of rotatable bonds is 3. The summed E-state index contributed by atoms with van der Waals surface area (Å²) < 4.78 is 11.0. The number of amides is 1. The Morgan fingerprint density at radius 1 is 1.17 bits per heavy atom. The fourth-order valence-electron chi connectivity index (χ4n) is 3.68. The Morgan fingerprint density at radius 2 is 1.88 bits per heavy atom. The van der Waals surface area contributed by atoms with E-state index in [0.717, 1.165) is 18.4 Å². The SMILES string of the molecule is CC(C)(C)OC(=O)N1[C@H]2CC[C@@H]1[C@@H](C(=O)OCc1ccccc1)C2. The van der Waals surface area contributed by atoms with Gasteiger partial charge in [-0.1, -0.05) is 30.3 Å². The molecule has 0 aliphatic carbocycles. The molecule has 0 N–H and O–H groups in total. The van der Waals surface area contributed by atoms with E-state index < -0.39 is 5.60 Å². The van der Waals surface area contributed by atoms with Gasteiger partial charge in [0.2, 0.25) is 0 Å². The van der Waals surface area contributed by atoms with E-state index in [-0.39, 0.29) is 36.7 Å². The minimum atomic E-state index is -0.525. The molecule has 0 radical (unpaired) electrons. The molecule has 3 atom stereocenters. The highest BCUT2D eigenvalue weighted by atomic mass is 16.6. The molecule has 2 aliphatic rings. The second-order valence-electron chi connectivity index (χ2n) is 7.62. The topological polar surface area (TPSA) is 55.8 Å². The maximum atomic E-state index is 12.5. The largest absolute Gasteiger partial charge is 0.461 e. The molecule has 2 saturated heterocycles. The third kappa shape index (κ3) is 3.55. The van der Waals surface area contributed by atoms with E-state index >= 15 is 0 Å². The molecule has 2 aliphatic heterocycles. The van der Waals surface area contributed by atoms with E-state index in [1.54, 1.807) is 4.90 Å². The van der Waals surface area contributed by atoms with Crippen molar-refractivity contribution in [2.45, 2.75) is 64.3 Å². The Labute approximate surface area is 142 Å². The zero-order valence-corrected chi connectivity index (χ0v) is 14.5. The van der Waals surface area contributed by atoms with E-state index in [1.165, 1.54) is 0 Å². The van der Waals surface area contributed by atoms with Crippen molar-refractivity contribution in [2.75, 3.05) is 0 Å². The lowest BCUT2D eigenvalue weighted by molar-refractivity contribution is -0.150. The number of carbonyl (C=O) groups is 2. The van der Waals surface area contributed by atoms with Crippen molar-refractivity contribution in [3.8, 4) is 0 Å². The average molecular weight is 331 g/mol. The summed E-state index contributed by atoms with van der Waals surface area (Å²) in [7, 11) is 0. The van der Waals surface area contributed by atoms with Gasteiger partial charge < -0.3 is 14.4 Å². The van der Waals surface area contributed by atoms with Crippen molar-refractivity contribution in [2.24, 2.45) is 5.92 Å². The molecule has 0 unspecified atom stereocenters. The van der Waals surface area contributed by atoms with Crippen LogP contribution in [0.2, 0.25) is 0 Å². The van der Waals surface area contributed by atoms with E-state index in [4.69, 9.17) is 9.47 Å². The molecule has 1 aromatic carbocycles. The van der Waals surface area contributed by atoms with Crippen LogP contribution in [0.15, 0.2) is 30.3 Å². The molecule has 5 nitrogen and oxygen atoms in total. The first kappa shape index (κ1) is 16.8. The van der Waals surface area contributed by atoms with Gasteiger partial charge >= 0.3 is 12.1 Å². The van der Waals surface area contributed by atoms with Crippen molar-refractivity contribution in [1.82, 2.24) is 4.90 Å². The fraction of sp³-hybridized carbons (Fsp3) is 0.579. The van der Waals surface area contributed by atoms with Crippen LogP contribution in [0.5, 0.6) is 0 Å². The number of benzene rings is 1. The van der Waals surface area contributed by atoms with E-state index in [9.17, 15) is 9.59 Å². The number of ether oxygens (including phenoxy) is 2. The number of hydrogen-bond donors (Lipinski definition) is 0. The third-order valence-electron chi connectivity index (χ3n) is 4.67. The standard InChI is InChI=1S/C19H25NO4/c1-19(2,3)24-18(22)20-14-9-10-16(20)15(11-14)17(21)23-12-13-7-5-4-6-8-13/h4-8,14-16H,9-12H2,1-3H3/t14-,15-,16+/m0/s1. The molecule has 24 heavy (non-hydrogen) atoms. The first-order valence-electron chi connectivity index (χ1n) is 8.57. The first-order valence-corrected chi connectivity index (χ1v) is 8.57. The molecule has 0 aromatic heterocycles. The molecule has 2 fully saturated rings. The molecule has 2 heterocycles. The van der Waals surface area contributed by atoms with Crippen LogP contribution in [0.25, 0.3) is 0 Å². The predicted molar refractivity (Wildman–Crippen MR) is 89.2 cm³/mol. The summed E-state index contributed by atoms with van der Waals surface area (Å²) in [6, 6.07) is 9.64. The van der Waals surface area contributed by atoms with Crippen molar-refractivity contribution < 1.29 is 19.1 Å². The van der Waals surface area contributed by atoms with Crippen molar-refractivity contribution in [1.29, 1.82) is 0 Å². The second-order valence-corrected chi connectivity index (χ2v) is 7.62.